The Labute approximate surface area is 108 Å². The molecule has 1 aliphatic rings. The molecule has 0 aromatic heterocycles. The summed E-state index contributed by atoms with van der Waals surface area (Å²) in [7, 11) is 0. The zero-order valence-electron chi connectivity index (χ0n) is 11.0. The summed E-state index contributed by atoms with van der Waals surface area (Å²) in [6.45, 7) is 3.61. The van der Waals surface area contributed by atoms with Gasteiger partial charge in [0.2, 0.25) is 0 Å². The van der Waals surface area contributed by atoms with Crippen molar-refractivity contribution >= 4 is 5.97 Å². The third-order valence-electron chi connectivity index (χ3n) is 3.68. The minimum atomic E-state index is -1.24. The lowest BCUT2D eigenvalue weighted by Crippen LogP contribution is -2.38. The van der Waals surface area contributed by atoms with Crippen LogP contribution in [0.5, 0.6) is 0 Å². The summed E-state index contributed by atoms with van der Waals surface area (Å²) in [5.74, 6) is -0.917. The lowest BCUT2D eigenvalue weighted by atomic mass is 9.94. The number of aryl methyl sites for hydroxylation is 1. The van der Waals surface area contributed by atoms with Crippen LogP contribution in [0.4, 0.5) is 0 Å². The van der Waals surface area contributed by atoms with E-state index in [4.69, 9.17) is 4.74 Å². The average Bonchev–Trinajstić information content (AvgIpc) is 2.81. The Morgan fingerprint density at radius 3 is 2.61 bits per heavy atom. The number of carboxylic acids is 1. The molecule has 1 atom stereocenters. The highest BCUT2D eigenvalue weighted by molar-refractivity contribution is 5.79. The fraction of sp³-hybridized carbons (Fsp3) is 0.533. The van der Waals surface area contributed by atoms with Gasteiger partial charge in [-0.2, -0.15) is 0 Å². The highest BCUT2D eigenvalue weighted by Crippen LogP contribution is 2.33. The van der Waals surface area contributed by atoms with Gasteiger partial charge in [-0.3, -0.25) is 0 Å². The number of benzene rings is 1. The summed E-state index contributed by atoms with van der Waals surface area (Å²) in [4.78, 5) is 11.6. The van der Waals surface area contributed by atoms with Gasteiger partial charge in [-0.25, -0.2) is 4.79 Å². The van der Waals surface area contributed by atoms with E-state index in [9.17, 15) is 9.90 Å². The second-order valence-corrected chi connectivity index (χ2v) is 5.23. The molecule has 98 valence electrons. The van der Waals surface area contributed by atoms with E-state index >= 15 is 0 Å². The van der Waals surface area contributed by atoms with E-state index in [1.807, 2.05) is 31.2 Å². The molecule has 18 heavy (non-hydrogen) atoms. The molecule has 0 amide bonds. The lowest BCUT2D eigenvalue weighted by Gasteiger charge is -2.29. The highest BCUT2D eigenvalue weighted by atomic mass is 16.5. The monoisotopic (exact) mass is 248 g/mol. The van der Waals surface area contributed by atoms with Crippen molar-refractivity contribution in [2.75, 3.05) is 0 Å². The SMILES string of the molecule is Cc1cccc(C(C)(OC2CCCC2)C(=O)O)c1. The minimum Gasteiger partial charge on any atom is -0.479 e. The van der Waals surface area contributed by atoms with Gasteiger partial charge in [0, 0.05) is 0 Å². The van der Waals surface area contributed by atoms with Crippen LogP contribution in [-0.4, -0.2) is 17.2 Å². The summed E-state index contributed by atoms with van der Waals surface area (Å²) in [6.07, 6.45) is 4.28. The molecule has 0 bridgehead atoms. The summed E-state index contributed by atoms with van der Waals surface area (Å²) in [5.41, 5.74) is 0.540. The second kappa shape index (κ2) is 5.11. The van der Waals surface area contributed by atoms with Gasteiger partial charge in [-0.15, -0.1) is 0 Å². The number of carbonyl (C=O) groups is 1. The standard InChI is InChI=1S/C15H20O3/c1-11-6-5-7-12(10-11)15(2,14(16)17)18-13-8-3-4-9-13/h5-7,10,13H,3-4,8-9H2,1-2H3,(H,16,17). The van der Waals surface area contributed by atoms with E-state index in [2.05, 4.69) is 0 Å². The molecule has 1 aromatic rings. The molecule has 1 N–H and O–H groups in total. The zero-order chi connectivity index (χ0) is 13.2. The quantitative estimate of drug-likeness (QED) is 0.889. The Hall–Kier alpha value is -1.35. The van der Waals surface area contributed by atoms with Crippen molar-refractivity contribution in [1.29, 1.82) is 0 Å². The van der Waals surface area contributed by atoms with Crippen LogP contribution >= 0.6 is 0 Å². The predicted molar refractivity (Wildman–Crippen MR) is 69.5 cm³/mol. The van der Waals surface area contributed by atoms with Gasteiger partial charge in [-0.1, -0.05) is 42.7 Å². The smallest absolute Gasteiger partial charge is 0.340 e. The Balaban J connectivity index is 2.28. The second-order valence-electron chi connectivity index (χ2n) is 5.23. The van der Waals surface area contributed by atoms with E-state index in [-0.39, 0.29) is 6.10 Å². The number of ether oxygens (including phenoxy) is 1. The molecular formula is C15H20O3. The van der Waals surface area contributed by atoms with Crippen molar-refractivity contribution in [3.63, 3.8) is 0 Å². The zero-order valence-corrected chi connectivity index (χ0v) is 11.0. The maximum Gasteiger partial charge on any atom is 0.340 e. The van der Waals surface area contributed by atoms with Crippen LogP contribution in [0.3, 0.4) is 0 Å². The Morgan fingerprint density at radius 1 is 1.39 bits per heavy atom. The van der Waals surface area contributed by atoms with E-state index < -0.39 is 11.6 Å². The van der Waals surface area contributed by atoms with E-state index in [1.54, 1.807) is 6.92 Å². The molecule has 0 aliphatic heterocycles. The molecule has 0 heterocycles. The maximum absolute atomic E-state index is 11.6. The van der Waals surface area contributed by atoms with Crippen LogP contribution in [0.25, 0.3) is 0 Å². The molecule has 0 radical (unpaired) electrons. The van der Waals surface area contributed by atoms with Crippen LogP contribution in [0, 0.1) is 6.92 Å². The van der Waals surface area contributed by atoms with Gasteiger partial charge in [-0.05, 0) is 32.3 Å². The first-order valence-electron chi connectivity index (χ1n) is 6.51. The van der Waals surface area contributed by atoms with E-state index in [1.165, 1.54) is 0 Å². The molecule has 2 rings (SSSR count). The maximum atomic E-state index is 11.6. The third kappa shape index (κ3) is 2.56. The Bertz CT molecular complexity index is 435. The van der Waals surface area contributed by atoms with Crippen LogP contribution < -0.4 is 0 Å². The predicted octanol–water partition coefficient (Wildman–Crippen LogP) is 3.25. The van der Waals surface area contributed by atoms with Gasteiger partial charge >= 0.3 is 5.97 Å². The molecular weight excluding hydrogens is 228 g/mol. The largest absolute Gasteiger partial charge is 0.479 e. The summed E-state index contributed by atoms with van der Waals surface area (Å²) < 4.78 is 5.90. The summed E-state index contributed by atoms with van der Waals surface area (Å²) in [5, 5.41) is 9.51. The van der Waals surface area contributed by atoms with Crippen LogP contribution in [0.15, 0.2) is 24.3 Å². The lowest BCUT2D eigenvalue weighted by molar-refractivity contribution is -0.172. The minimum absolute atomic E-state index is 0.0756. The third-order valence-corrected chi connectivity index (χ3v) is 3.68. The Morgan fingerprint density at radius 2 is 2.06 bits per heavy atom. The molecule has 1 unspecified atom stereocenters. The van der Waals surface area contributed by atoms with Gasteiger partial charge in [0.15, 0.2) is 5.60 Å². The summed E-state index contributed by atoms with van der Waals surface area (Å²) in [6, 6.07) is 7.56. The normalized spacial score (nSPS) is 19.7. The number of aliphatic carboxylic acids is 1. The first-order chi connectivity index (χ1) is 8.52. The average molecular weight is 248 g/mol. The molecule has 3 nitrogen and oxygen atoms in total. The van der Waals surface area contributed by atoms with Crippen molar-refractivity contribution in [3.8, 4) is 0 Å². The molecule has 0 saturated heterocycles. The van der Waals surface area contributed by atoms with Gasteiger partial charge in [0.25, 0.3) is 0 Å². The summed E-state index contributed by atoms with van der Waals surface area (Å²) >= 11 is 0. The van der Waals surface area contributed by atoms with Gasteiger partial charge in [0.05, 0.1) is 6.10 Å². The Kier molecular flexibility index (Phi) is 3.71. The van der Waals surface area contributed by atoms with Crippen LogP contribution in [0.1, 0.15) is 43.7 Å². The fourth-order valence-corrected chi connectivity index (χ4v) is 2.52. The van der Waals surface area contributed by atoms with Crippen molar-refractivity contribution in [3.05, 3.63) is 35.4 Å². The van der Waals surface area contributed by atoms with Crippen LogP contribution in [0.2, 0.25) is 0 Å². The van der Waals surface area contributed by atoms with E-state index in [0.29, 0.717) is 0 Å². The molecule has 1 saturated carbocycles. The van der Waals surface area contributed by atoms with Gasteiger partial charge in [0.1, 0.15) is 0 Å². The number of hydrogen-bond donors (Lipinski definition) is 1. The van der Waals surface area contributed by atoms with Crippen LogP contribution in [-0.2, 0) is 15.1 Å². The molecule has 1 aliphatic carbocycles. The van der Waals surface area contributed by atoms with Crippen molar-refractivity contribution < 1.29 is 14.6 Å². The number of carboxylic acid groups (broad SMARTS) is 1. The topological polar surface area (TPSA) is 46.5 Å². The van der Waals surface area contributed by atoms with Gasteiger partial charge < -0.3 is 9.84 Å². The first-order valence-corrected chi connectivity index (χ1v) is 6.51. The molecule has 3 heteroatoms. The number of rotatable bonds is 4. The first kappa shape index (κ1) is 13.1. The van der Waals surface area contributed by atoms with Crippen molar-refractivity contribution in [2.45, 2.75) is 51.2 Å². The van der Waals surface area contributed by atoms with Crippen molar-refractivity contribution in [2.24, 2.45) is 0 Å². The molecule has 0 spiro atoms. The molecule has 1 fully saturated rings. The van der Waals surface area contributed by atoms with Crippen molar-refractivity contribution in [1.82, 2.24) is 0 Å². The highest BCUT2D eigenvalue weighted by Gasteiger charge is 2.39. The van der Waals surface area contributed by atoms with E-state index in [0.717, 1.165) is 36.8 Å². The molecule has 1 aromatic carbocycles. The number of hydrogen-bond acceptors (Lipinski definition) is 2. The fourth-order valence-electron chi connectivity index (χ4n) is 2.52.